The number of rotatable bonds is 10. The Bertz CT molecular complexity index is 2120. The molecule has 0 bridgehead atoms. The second kappa shape index (κ2) is 18.1. The number of hydrogen-bond acceptors (Lipinski definition) is 10. The standard InChI is InChI=1S/C20H24Cl2N4O2S.C8H6N4S.C6H10Cl2O/c1-10(2)7-13(21)18(27)25-20-24-15-5-6-16-12(17(15)29-20)9-23-26(16)19(28)14(22)8-11(3)4;9-8-11-6-2-1-5-4(3-10-12-5)7(6)13-8;1-4(2)3-5(7)6(8)9/h5-6,9-11,13-14H,7-8H2,1-4H3,(H,24,25,27);1-3H,(H2,9,11)(H,10,12);4-5H,3H2,1-2H3. The molecule has 274 valence electrons. The number of thiazole rings is 2. The highest BCUT2D eigenvalue weighted by Gasteiger charge is 2.23. The Morgan fingerprint density at radius 2 is 1.39 bits per heavy atom. The summed E-state index contributed by atoms with van der Waals surface area (Å²) in [5.74, 6) is 0.550. The fourth-order valence-corrected chi connectivity index (χ4v) is 8.12. The van der Waals surface area contributed by atoms with Crippen LogP contribution in [0.15, 0.2) is 36.7 Å². The topological polar surface area (TPSA) is 162 Å². The molecule has 4 heterocycles. The van der Waals surface area contributed by atoms with Crippen molar-refractivity contribution in [3.8, 4) is 0 Å². The predicted octanol–water partition coefficient (Wildman–Crippen LogP) is 9.69. The second-order valence-corrected chi connectivity index (χ2v) is 17.1. The first-order valence-electron chi connectivity index (χ1n) is 16.3. The van der Waals surface area contributed by atoms with Gasteiger partial charge in [-0.2, -0.15) is 14.9 Å². The molecule has 3 atom stereocenters. The van der Waals surface area contributed by atoms with Gasteiger partial charge >= 0.3 is 0 Å². The van der Waals surface area contributed by atoms with Crippen molar-refractivity contribution >= 4 is 139 Å². The zero-order chi connectivity index (χ0) is 37.6. The van der Waals surface area contributed by atoms with Crippen LogP contribution < -0.4 is 11.1 Å². The molecule has 4 aromatic heterocycles. The number of benzene rings is 2. The summed E-state index contributed by atoms with van der Waals surface area (Å²) in [6.45, 7) is 12.1. The summed E-state index contributed by atoms with van der Waals surface area (Å²) in [7, 11) is 0. The van der Waals surface area contributed by atoms with Crippen LogP contribution in [0.3, 0.4) is 0 Å². The molecule has 0 saturated heterocycles. The van der Waals surface area contributed by atoms with Crippen LogP contribution in [0.1, 0.15) is 65.6 Å². The fraction of sp³-hybridized carbons (Fsp3) is 0.441. The van der Waals surface area contributed by atoms with Crippen LogP contribution >= 0.6 is 69.1 Å². The van der Waals surface area contributed by atoms with E-state index in [4.69, 9.17) is 52.1 Å². The van der Waals surface area contributed by atoms with Crippen molar-refractivity contribution in [1.29, 1.82) is 0 Å². The van der Waals surface area contributed by atoms with E-state index in [2.05, 4.69) is 30.6 Å². The highest BCUT2D eigenvalue weighted by atomic mass is 35.5. The van der Waals surface area contributed by atoms with Crippen LogP contribution in [0.25, 0.3) is 42.2 Å². The molecule has 0 aliphatic heterocycles. The van der Waals surface area contributed by atoms with Crippen LogP contribution in [0.5, 0.6) is 0 Å². The average molecular weight is 815 g/mol. The zero-order valence-corrected chi connectivity index (χ0v) is 33.6. The van der Waals surface area contributed by atoms with Gasteiger partial charge in [0.1, 0.15) is 16.1 Å². The first-order chi connectivity index (χ1) is 24.0. The van der Waals surface area contributed by atoms with E-state index in [1.807, 2.05) is 59.7 Å². The lowest BCUT2D eigenvalue weighted by Gasteiger charge is -2.11. The number of nitrogens with one attached hydrogen (secondary N) is 2. The van der Waals surface area contributed by atoms with Crippen LogP contribution in [0.2, 0.25) is 0 Å². The molecule has 0 radical (unpaired) electrons. The van der Waals surface area contributed by atoms with E-state index in [0.717, 1.165) is 36.7 Å². The number of hydrogen-bond donors (Lipinski definition) is 3. The van der Waals surface area contributed by atoms with Gasteiger partial charge in [-0.3, -0.25) is 19.5 Å². The number of nitrogens with two attached hydrogens (primary N) is 1. The van der Waals surface area contributed by atoms with Crippen molar-refractivity contribution in [3.05, 3.63) is 36.7 Å². The van der Waals surface area contributed by atoms with E-state index in [1.54, 1.807) is 18.5 Å². The van der Waals surface area contributed by atoms with Gasteiger partial charge in [-0.25, -0.2) is 9.97 Å². The first kappa shape index (κ1) is 40.7. The number of anilines is 2. The molecule has 0 saturated carbocycles. The van der Waals surface area contributed by atoms with E-state index >= 15 is 0 Å². The Balaban J connectivity index is 0.000000215. The Morgan fingerprint density at radius 1 is 0.804 bits per heavy atom. The smallest absolute Gasteiger partial charge is 0.265 e. The average Bonchev–Trinajstić information content (AvgIpc) is 3.84. The second-order valence-electron chi connectivity index (χ2n) is 13.1. The minimum absolute atomic E-state index is 0.244. The first-order valence-corrected chi connectivity index (χ1v) is 19.6. The fourth-order valence-electron chi connectivity index (χ4n) is 5.00. The number of aromatic nitrogens is 6. The lowest BCUT2D eigenvalue weighted by molar-refractivity contribution is -0.116. The molecule has 2 aromatic carbocycles. The quantitative estimate of drug-likeness (QED) is 0.0910. The van der Waals surface area contributed by atoms with Gasteiger partial charge in [0.15, 0.2) is 10.3 Å². The van der Waals surface area contributed by atoms with Crippen molar-refractivity contribution < 1.29 is 14.4 Å². The molecule has 0 fully saturated rings. The van der Waals surface area contributed by atoms with Gasteiger partial charge in [0.2, 0.25) is 11.1 Å². The molecular formula is C34H40Cl4N8O3S2. The summed E-state index contributed by atoms with van der Waals surface area (Å²) in [6.07, 6.45) is 5.27. The number of carbonyl (C=O) groups is 3. The molecule has 6 aromatic rings. The summed E-state index contributed by atoms with van der Waals surface area (Å²) in [5, 5.41) is 14.7. The maximum Gasteiger partial charge on any atom is 0.265 e. The van der Waals surface area contributed by atoms with Gasteiger partial charge in [0.05, 0.1) is 43.9 Å². The third kappa shape index (κ3) is 10.7. The summed E-state index contributed by atoms with van der Waals surface area (Å²) in [6, 6.07) is 7.52. The van der Waals surface area contributed by atoms with Crippen molar-refractivity contribution in [2.45, 2.75) is 76.9 Å². The molecule has 0 aliphatic carbocycles. The van der Waals surface area contributed by atoms with E-state index < -0.39 is 21.4 Å². The Kier molecular flexibility index (Phi) is 14.5. The molecule has 3 unspecified atom stereocenters. The minimum atomic E-state index is -0.633. The van der Waals surface area contributed by atoms with Crippen LogP contribution in [-0.2, 0) is 9.59 Å². The van der Waals surface area contributed by atoms with Crippen molar-refractivity contribution in [3.63, 3.8) is 0 Å². The molecule has 51 heavy (non-hydrogen) atoms. The zero-order valence-electron chi connectivity index (χ0n) is 28.9. The summed E-state index contributed by atoms with van der Waals surface area (Å²) in [5.41, 5.74) is 8.99. The third-order valence-electron chi connectivity index (χ3n) is 7.37. The highest BCUT2D eigenvalue weighted by Crippen LogP contribution is 2.34. The number of halogens is 4. The van der Waals surface area contributed by atoms with E-state index in [9.17, 15) is 14.4 Å². The van der Waals surface area contributed by atoms with Gasteiger partial charge < -0.3 is 11.1 Å². The van der Waals surface area contributed by atoms with Gasteiger partial charge in [0, 0.05) is 10.8 Å². The number of aromatic amines is 1. The molecule has 6 rings (SSSR count). The highest BCUT2D eigenvalue weighted by molar-refractivity contribution is 7.23. The normalized spacial score (nSPS) is 13.4. The molecule has 0 spiro atoms. The van der Waals surface area contributed by atoms with Gasteiger partial charge in [-0.15, -0.1) is 34.8 Å². The molecule has 11 nitrogen and oxygen atoms in total. The van der Waals surface area contributed by atoms with E-state index in [1.165, 1.54) is 27.4 Å². The number of fused-ring (bicyclic) bond motifs is 6. The number of alkyl halides is 3. The minimum Gasteiger partial charge on any atom is -0.375 e. The third-order valence-corrected chi connectivity index (χ3v) is 10.8. The number of carbonyl (C=O) groups excluding carboxylic acids is 3. The summed E-state index contributed by atoms with van der Waals surface area (Å²) in [4.78, 5) is 44.0. The number of nitrogen functional groups attached to an aromatic ring is 1. The van der Waals surface area contributed by atoms with Crippen LogP contribution in [-0.4, -0.2) is 63.1 Å². The largest absolute Gasteiger partial charge is 0.375 e. The Labute approximate surface area is 323 Å². The number of H-pyrrole nitrogens is 1. The summed E-state index contributed by atoms with van der Waals surface area (Å²) >= 11 is 25.9. The number of amides is 1. The van der Waals surface area contributed by atoms with Crippen LogP contribution in [0.4, 0.5) is 10.3 Å². The SMILES string of the molecule is CC(C)CC(Cl)C(=O)Cl.CC(C)CC(Cl)C(=O)Nc1nc2ccc3c(cnn3C(=O)C(Cl)CC(C)C)c2s1.Nc1nc2ccc3[nH]ncc3c2s1. The molecular weight excluding hydrogens is 774 g/mol. The van der Waals surface area contributed by atoms with E-state index in [0.29, 0.717) is 52.8 Å². The lowest BCUT2D eigenvalue weighted by Crippen LogP contribution is -2.24. The monoisotopic (exact) mass is 812 g/mol. The van der Waals surface area contributed by atoms with Crippen LogP contribution in [0, 0.1) is 17.8 Å². The number of nitrogens with zero attached hydrogens (tertiary/aromatic N) is 5. The molecule has 4 N–H and O–H groups in total. The lowest BCUT2D eigenvalue weighted by atomic mass is 10.1. The molecule has 0 aliphatic rings. The maximum absolute atomic E-state index is 12.7. The summed E-state index contributed by atoms with van der Waals surface area (Å²) < 4.78 is 3.30. The Hall–Kier alpha value is -3.07. The van der Waals surface area contributed by atoms with Crippen molar-refractivity contribution in [2.75, 3.05) is 11.1 Å². The van der Waals surface area contributed by atoms with Crippen molar-refractivity contribution in [2.24, 2.45) is 17.8 Å². The van der Waals surface area contributed by atoms with Gasteiger partial charge in [0.25, 0.3) is 5.91 Å². The van der Waals surface area contributed by atoms with E-state index in [-0.39, 0.29) is 11.8 Å². The molecule has 17 heteroatoms. The van der Waals surface area contributed by atoms with Gasteiger partial charge in [-0.05, 0) is 72.9 Å². The van der Waals surface area contributed by atoms with Gasteiger partial charge in [-0.1, -0.05) is 64.2 Å². The molecule has 1 amide bonds. The van der Waals surface area contributed by atoms with Crippen molar-refractivity contribution in [1.82, 2.24) is 29.9 Å². The Morgan fingerprint density at radius 3 is 2.02 bits per heavy atom. The maximum atomic E-state index is 12.7. The predicted molar refractivity (Wildman–Crippen MR) is 214 cm³/mol.